The molecular weight excluding hydrogens is 360 g/mol. The van der Waals surface area contributed by atoms with Crippen LogP contribution in [-0.2, 0) is 6.18 Å². The van der Waals surface area contributed by atoms with E-state index in [0.29, 0.717) is 31.5 Å². The van der Waals surface area contributed by atoms with Crippen LogP contribution in [0.1, 0.15) is 34.3 Å². The number of piperidine rings is 1. The summed E-state index contributed by atoms with van der Waals surface area (Å²) in [5, 5.41) is 8.86. The molecule has 1 aliphatic heterocycles. The van der Waals surface area contributed by atoms with Crippen LogP contribution in [0.25, 0.3) is 0 Å². The van der Waals surface area contributed by atoms with E-state index < -0.39 is 17.6 Å². The Kier molecular flexibility index (Phi) is 5.17. The van der Waals surface area contributed by atoms with Crippen molar-refractivity contribution in [3.63, 3.8) is 0 Å². The number of rotatable bonds is 3. The van der Waals surface area contributed by atoms with Gasteiger partial charge in [-0.1, -0.05) is 0 Å². The fourth-order valence-electron chi connectivity index (χ4n) is 3.34. The lowest BCUT2D eigenvalue weighted by molar-refractivity contribution is -0.137. The summed E-state index contributed by atoms with van der Waals surface area (Å²) >= 11 is 0. The Hall–Kier alpha value is -2.88. The van der Waals surface area contributed by atoms with E-state index in [9.17, 15) is 22.4 Å². The van der Waals surface area contributed by atoms with Crippen LogP contribution in [0.4, 0.5) is 23.2 Å². The fourth-order valence-corrected chi connectivity index (χ4v) is 3.34. The number of halogens is 4. The zero-order chi connectivity index (χ0) is 19.6. The molecule has 7 heteroatoms. The molecule has 1 fully saturated rings. The van der Waals surface area contributed by atoms with Gasteiger partial charge in [-0.2, -0.15) is 18.4 Å². The Morgan fingerprint density at radius 3 is 2.26 bits per heavy atom. The molecule has 1 aliphatic rings. The molecule has 3 rings (SSSR count). The molecule has 0 atom stereocenters. The van der Waals surface area contributed by atoms with Gasteiger partial charge in [-0.25, -0.2) is 4.39 Å². The third-order valence-corrected chi connectivity index (χ3v) is 4.77. The smallest absolute Gasteiger partial charge is 0.371 e. The first-order chi connectivity index (χ1) is 12.8. The molecule has 0 amide bonds. The lowest BCUT2D eigenvalue weighted by atomic mass is 9.88. The number of alkyl halides is 3. The molecule has 27 heavy (non-hydrogen) atoms. The molecule has 0 aromatic heterocycles. The monoisotopic (exact) mass is 376 g/mol. The van der Waals surface area contributed by atoms with Crippen LogP contribution in [0.3, 0.4) is 0 Å². The Labute approximate surface area is 153 Å². The normalized spacial score (nSPS) is 15.4. The number of nitriles is 1. The first-order valence-corrected chi connectivity index (χ1v) is 8.45. The highest BCUT2D eigenvalue weighted by atomic mass is 19.4. The minimum Gasteiger partial charge on any atom is -0.371 e. The molecule has 140 valence electrons. The molecule has 0 aliphatic carbocycles. The Morgan fingerprint density at radius 2 is 1.70 bits per heavy atom. The van der Waals surface area contributed by atoms with E-state index in [2.05, 4.69) is 0 Å². The largest absolute Gasteiger partial charge is 0.418 e. The average Bonchev–Trinajstić information content (AvgIpc) is 2.67. The average molecular weight is 376 g/mol. The number of Topliss-reactive ketones (excluding diaryl/α,β-unsaturated/α-hetero) is 1. The zero-order valence-electron chi connectivity index (χ0n) is 14.3. The van der Waals surface area contributed by atoms with Crippen LogP contribution in [-0.4, -0.2) is 18.9 Å². The van der Waals surface area contributed by atoms with Gasteiger partial charge in [0.2, 0.25) is 0 Å². The number of nitrogens with zero attached hydrogens (tertiary/aromatic N) is 2. The molecule has 2 aromatic rings. The summed E-state index contributed by atoms with van der Waals surface area (Å²) in [6.07, 6.45) is -3.75. The van der Waals surface area contributed by atoms with E-state index in [4.69, 9.17) is 5.26 Å². The minimum absolute atomic E-state index is 0.0224. The summed E-state index contributed by atoms with van der Waals surface area (Å²) in [6.45, 7) is 0.596. The first-order valence-electron chi connectivity index (χ1n) is 8.45. The van der Waals surface area contributed by atoms with Gasteiger partial charge in [0.15, 0.2) is 5.78 Å². The van der Waals surface area contributed by atoms with E-state index in [-0.39, 0.29) is 23.0 Å². The van der Waals surface area contributed by atoms with Crippen LogP contribution >= 0.6 is 0 Å². The first kappa shape index (κ1) is 18.9. The van der Waals surface area contributed by atoms with Gasteiger partial charge in [-0.05, 0) is 55.3 Å². The van der Waals surface area contributed by atoms with Crippen molar-refractivity contribution in [3.8, 4) is 6.07 Å². The second-order valence-corrected chi connectivity index (χ2v) is 6.47. The molecule has 0 saturated carbocycles. The van der Waals surface area contributed by atoms with Gasteiger partial charge in [-0.3, -0.25) is 4.79 Å². The summed E-state index contributed by atoms with van der Waals surface area (Å²) in [5.41, 5.74) is -0.462. The SMILES string of the molecule is N#Cc1ccc(N2CCC(C(=O)c3ccc(F)cc3)CC2)c(C(F)(F)F)c1. The van der Waals surface area contributed by atoms with Crippen molar-refractivity contribution in [3.05, 3.63) is 65.0 Å². The van der Waals surface area contributed by atoms with Crippen molar-refractivity contribution >= 4 is 11.5 Å². The number of ketones is 1. The molecule has 0 radical (unpaired) electrons. The highest BCUT2D eigenvalue weighted by Crippen LogP contribution is 2.38. The van der Waals surface area contributed by atoms with E-state index in [1.807, 2.05) is 0 Å². The number of hydrogen-bond donors (Lipinski definition) is 0. The quantitative estimate of drug-likeness (QED) is 0.570. The maximum absolute atomic E-state index is 13.4. The van der Waals surface area contributed by atoms with E-state index >= 15 is 0 Å². The van der Waals surface area contributed by atoms with Crippen LogP contribution in [0.15, 0.2) is 42.5 Å². The van der Waals surface area contributed by atoms with Crippen molar-refractivity contribution in [1.29, 1.82) is 5.26 Å². The molecule has 0 spiro atoms. The number of hydrogen-bond acceptors (Lipinski definition) is 3. The molecule has 1 saturated heterocycles. The third kappa shape index (κ3) is 4.11. The van der Waals surface area contributed by atoms with Gasteiger partial charge in [0.1, 0.15) is 5.82 Å². The van der Waals surface area contributed by atoms with Gasteiger partial charge in [0, 0.05) is 30.3 Å². The highest BCUT2D eigenvalue weighted by molar-refractivity contribution is 5.98. The van der Waals surface area contributed by atoms with Crippen molar-refractivity contribution in [1.82, 2.24) is 0 Å². The Balaban J connectivity index is 1.75. The molecule has 1 heterocycles. The van der Waals surface area contributed by atoms with Gasteiger partial charge in [0.05, 0.1) is 17.2 Å². The fraction of sp³-hybridized carbons (Fsp3) is 0.300. The zero-order valence-corrected chi connectivity index (χ0v) is 14.3. The van der Waals surface area contributed by atoms with Crippen molar-refractivity contribution in [2.45, 2.75) is 19.0 Å². The number of carbonyl (C=O) groups is 1. The molecular formula is C20H16F4N2O. The molecule has 2 aromatic carbocycles. The standard InChI is InChI=1S/C20H16F4N2O/c21-16-4-2-14(3-5-16)19(27)15-7-9-26(10-8-15)18-6-1-13(12-25)11-17(18)20(22,23)24/h1-6,11,15H,7-10H2. The van der Waals surface area contributed by atoms with E-state index in [0.717, 1.165) is 6.07 Å². The maximum Gasteiger partial charge on any atom is 0.418 e. The number of benzene rings is 2. The third-order valence-electron chi connectivity index (χ3n) is 4.77. The molecule has 0 unspecified atom stereocenters. The Bertz CT molecular complexity index is 876. The van der Waals surface area contributed by atoms with Gasteiger partial charge < -0.3 is 4.90 Å². The number of anilines is 1. The molecule has 3 nitrogen and oxygen atoms in total. The number of carbonyl (C=O) groups excluding carboxylic acids is 1. The molecule has 0 bridgehead atoms. The summed E-state index contributed by atoms with van der Waals surface area (Å²) in [7, 11) is 0. The van der Waals surface area contributed by atoms with Gasteiger partial charge in [-0.15, -0.1) is 0 Å². The Morgan fingerprint density at radius 1 is 1.07 bits per heavy atom. The lowest BCUT2D eigenvalue weighted by Crippen LogP contribution is -2.37. The highest BCUT2D eigenvalue weighted by Gasteiger charge is 2.36. The summed E-state index contributed by atoms with van der Waals surface area (Å²) in [6, 6.07) is 10.5. The van der Waals surface area contributed by atoms with Gasteiger partial charge in [0.25, 0.3) is 0 Å². The lowest BCUT2D eigenvalue weighted by Gasteiger charge is -2.34. The second kappa shape index (κ2) is 7.39. The minimum atomic E-state index is -4.57. The van der Waals surface area contributed by atoms with Crippen molar-refractivity contribution < 1.29 is 22.4 Å². The van der Waals surface area contributed by atoms with Gasteiger partial charge >= 0.3 is 6.18 Å². The van der Waals surface area contributed by atoms with E-state index in [1.54, 1.807) is 11.0 Å². The van der Waals surface area contributed by atoms with Crippen molar-refractivity contribution in [2.75, 3.05) is 18.0 Å². The van der Waals surface area contributed by atoms with E-state index in [1.165, 1.54) is 36.4 Å². The summed E-state index contributed by atoms with van der Waals surface area (Å²) in [4.78, 5) is 14.1. The van der Waals surface area contributed by atoms with Crippen LogP contribution in [0.2, 0.25) is 0 Å². The predicted molar refractivity (Wildman–Crippen MR) is 91.8 cm³/mol. The van der Waals surface area contributed by atoms with Crippen molar-refractivity contribution in [2.24, 2.45) is 5.92 Å². The summed E-state index contributed by atoms with van der Waals surface area (Å²) < 4.78 is 53.1. The summed E-state index contributed by atoms with van der Waals surface area (Å²) in [5.74, 6) is -0.855. The van der Waals surface area contributed by atoms with Crippen LogP contribution < -0.4 is 4.90 Å². The maximum atomic E-state index is 13.4. The predicted octanol–water partition coefficient (Wildman–Crippen LogP) is 4.82. The van der Waals surface area contributed by atoms with Crippen LogP contribution in [0.5, 0.6) is 0 Å². The molecule has 0 N–H and O–H groups in total. The topological polar surface area (TPSA) is 44.1 Å². The van der Waals surface area contributed by atoms with Crippen LogP contribution in [0, 0.1) is 23.1 Å². The second-order valence-electron chi connectivity index (χ2n) is 6.47.